The first-order valence-electron chi connectivity index (χ1n) is 7.91. The van der Waals surface area contributed by atoms with Crippen LogP contribution in [-0.2, 0) is 16.4 Å². The zero-order chi connectivity index (χ0) is 16.9. The second kappa shape index (κ2) is 8.17. The third-order valence-corrected chi connectivity index (χ3v) is 5.73. The summed E-state index contributed by atoms with van der Waals surface area (Å²) in [5.74, 6) is -3.40. The molecule has 1 fully saturated rings. The number of nitrogens with zero attached hydrogens (tertiary/aromatic N) is 1. The number of rotatable bonds is 6. The predicted molar refractivity (Wildman–Crippen MR) is 84.0 cm³/mol. The van der Waals surface area contributed by atoms with Gasteiger partial charge < -0.3 is 5.11 Å². The molecule has 0 bridgehead atoms. The van der Waals surface area contributed by atoms with Crippen LogP contribution in [0.1, 0.15) is 37.7 Å². The summed E-state index contributed by atoms with van der Waals surface area (Å²) in [6.07, 6.45) is 5.17. The van der Waals surface area contributed by atoms with E-state index in [1.807, 2.05) is 0 Å². The van der Waals surface area contributed by atoms with E-state index in [-0.39, 0.29) is 11.5 Å². The molecule has 0 aromatic heterocycles. The van der Waals surface area contributed by atoms with Gasteiger partial charge in [0.05, 0.1) is 4.90 Å². The summed E-state index contributed by atoms with van der Waals surface area (Å²) in [7, 11) is -4.53. The van der Waals surface area contributed by atoms with Crippen molar-refractivity contribution in [3.05, 3.63) is 29.8 Å². The van der Waals surface area contributed by atoms with Gasteiger partial charge in [-0.25, -0.2) is 8.42 Å². The first kappa shape index (κ1) is 18.3. The Morgan fingerprint density at radius 3 is 2.48 bits per heavy atom. The molecule has 0 radical (unpaired) electrons. The molecule has 1 unspecified atom stereocenters. The molecular formula is C16H23F2NO3S. The summed E-state index contributed by atoms with van der Waals surface area (Å²) in [5.41, 5.74) is 0.892. The standard InChI is InChI=1S/C16H23F2NO3S/c17-16(18)23(21,22)15-7-5-13(6-8-15)12-19-10-3-1-2-4-14(19)9-11-20/h5-8,14,16,20H,1-4,9-12H2. The molecule has 0 aliphatic carbocycles. The van der Waals surface area contributed by atoms with E-state index < -0.39 is 15.6 Å². The smallest absolute Gasteiger partial charge is 0.341 e. The highest BCUT2D eigenvalue weighted by molar-refractivity contribution is 7.91. The number of hydrogen-bond donors (Lipinski definition) is 1. The van der Waals surface area contributed by atoms with Crippen LogP contribution in [0.25, 0.3) is 0 Å². The SMILES string of the molecule is O=S(=O)(c1ccc(CN2CCCCCC2CCO)cc1)C(F)F. The molecule has 1 N–H and O–H groups in total. The third-order valence-electron chi connectivity index (χ3n) is 4.33. The third kappa shape index (κ3) is 4.71. The molecule has 0 amide bonds. The minimum absolute atomic E-state index is 0.146. The highest BCUT2D eigenvalue weighted by Gasteiger charge is 2.26. The van der Waals surface area contributed by atoms with Gasteiger partial charge in [0.25, 0.3) is 0 Å². The van der Waals surface area contributed by atoms with Crippen molar-refractivity contribution in [3.63, 3.8) is 0 Å². The maximum absolute atomic E-state index is 12.5. The van der Waals surface area contributed by atoms with Crippen LogP contribution >= 0.6 is 0 Å². The zero-order valence-electron chi connectivity index (χ0n) is 13.0. The number of aliphatic hydroxyl groups excluding tert-OH is 1. The van der Waals surface area contributed by atoms with Crippen molar-refractivity contribution in [2.45, 2.75) is 55.3 Å². The van der Waals surface area contributed by atoms with Crippen molar-refractivity contribution in [1.82, 2.24) is 4.90 Å². The lowest BCUT2D eigenvalue weighted by molar-refractivity contribution is 0.151. The molecule has 0 saturated carbocycles. The minimum Gasteiger partial charge on any atom is -0.396 e. The Kier molecular flexibility index (Phi) is 6.50. The average Bonchev–Trinajstić information content (AvgIpc) is 2.74. The van der Waals surface area contributed by atoms with Crippen molar-refractivity contribution < 1.29 is 22.3 Å². The molecule has 1 aliphatic rings. The fourth-order valence-electron chi connectivity index (χ4n) is 3.04. The van der Waals surface area contributed by atoms with Gasteiger partial charge in [-0.05, 0) is 43.5 Å². The monoisotopic (exact) mass is 347 g/mol. The molecule has 23 heavy (non-hydrogen) atoms. The molecule has 1 saturated heterocycles. The van der Waals surface area contributed by atoms with E-state index >= 15 is 0 Å². The van der Waals surface area contributed by atoms with Gasteiger partial charge in [0.2, 0.25) is 9.84 Å². The first-order chi connectivity index (χ1) is 10.9. The van der Waals surface area contributed by atoms with Crippen molar-refractivity contribution in [1.29, 1.82) is 0 Å². The van der Waals surface area contributed by atoms with Crippen LogP contribution in [0.4, 0.5) is 8.78 Å². The quantitative estimate of drug-likeness (QED) is 0.860. The Labute approximate surface area is 136 Å². The highest BCUT2D eigenvalue weighted by Crippen LogP contribution is 2.23. The van der Waals surface area contributed by atoms with Crippen LogP contribution in [0.3, 0.4) is 0 Å². The summed E-state index contributed by atoms with van der Waals surface area (Å²) in [6.45, 7) is 1.72. The van der Waals surface area contributed by atoms with E-state index in [1.54, 1.807) is 12.1 Å². The van der Waals surface area contributed by atoms with Crippen molar-refractivity contribution >= 4 is 9.84 Å². The summed E-state index contributed by atoms with van der Waals surface area (Å²) >= 11 is 0. The Morgan fingerprint density at radius 2 is 1.87 bits per heavy atom. The number of likely N-dealkylation sites (tertiary alicyclic amines) is 1. The van der Waals surface area contributed by atoms with E-state index in [2.05, 4.69) is 4.90 Å². The summed E-state index contributed by atoms with van der Waals surface area (Å²) in [6, 6.07) is 5.99. The number of halogens is 2. The zero-order valence-corrected chi connectivity index (χ0v) is 13.8. The molecule has 1 heterocycles. The average molecular weight is 347 g/mol. The molecule has 4 nitrogen and oxygen atoms in total. The second-order valence-corrected chi connectivity index (χ2v) is 7.85. The number of alkyl halides is 2. The normalized spacial score (nSPS) is 20.6. The Bertz CT molecular complexity index is 590. The largest absolute Gasteiger partial charge is 0.396 e. The maximum atomic E-state index is 12.5. The van der Waals surface area contributed by atoms with Crippen LogP contribution in [0.5, 0.6) is 0 Å². The fourth-order valence-corrected chi connectivity index (χ4v) is 3.76. The van der Waals surface area contributed by atoms with Gasteiger partial charge in [0.15, 0.2) is 0 Å². The number of hydrogen-bond acceptors (Lipinski definition) is 4. The Morgan fingerprint density at radius 1 is 1.17 bits per heavy atom. The van der Waals surface area contributed by atoms with Crippen LogP contribution in [-0.4, -0.2) is 43.4 Å². The van der Waals surface area contributed by atoms with Crippen LogP contribution in [0.2, 0.25) is 0 Å². The van der Waals surface area contributed by atoms with E-state index in [0.29, 0.717) is 12.6 Å². The molecule has 0 spiro atoms. The second-order valence-electron chi connectivity index (χ2n) is 5.94. The van der Waals surface area contributed by atoms with Crippen LogP contribution < -0.4 is 0 Å². The topological polar surface area (TPSA) is 57.6 Å². The summed E-state index contributed by atoms with van der Waals surface area (Å²) < 4.78 is 47.9. The molecule has 1 aliphatic heterocycles. The molecule has 1 aromatic carbocycles. The van der Waals surface area contributed by atoms with E-state index in [9.17, 15) is 22.3 Å². The Balaban J connectivity index is 2.10. The predicted octanol–water partition coefficient (Wildman–Crippen LogP) is 2.81. The van der Waals surface area contributed by atoms with Crippen LogP contribution in [0, 0.1) is 0 Å². The van der Waals surface area contributed by atoms with Gasteiger partial charge in [-0.1, -0.05) is 25.0 Å². The number of benzene rings is 1. The van der Waals surface area contributed by atoms with Gasteiger partial charge >= 0.3 is 5.76 Å². The van der Waals surface area contributed by atoms with Gasteiger partial charge in [-0.3, -0.25) is 4.90 Å². The molecule has 1 atom stereocenters. The number of sulfone groups is 1. The fraction of sp³-hybridized carbons (Fsp3) is 0.625. The maximum Gasteiger partial charge on any atom is 0.341 e. The molecule has 7 heteroatoms. The lowest BCUT2D eigenvalue weighted by atomic mass is 10.1. The van der Waals surface area contributed by atoms with Crippen molar-refractivity contribution in [3.8, 4) is 0 Å². The number of aliphatic hydroxyl groups is 1. The summed E-state index contributed by atoms with van der Waals surface area (Å²) in [5, 5.41) is 9.21. The Hall–Kier alpha value is -1.05. The van der Waals surface area contributed by atoms with Gasteiger partial charge in [0, 0.05) is 19.2 Å². The summed E-state index contributed by atoms with van der Waals surface area (Å²) in [4.78, 5) is 1.94. The minimum atomic E-state index is -4.53. The van der Waals surface area contributed by atoms with Crippen molar-refractivity contribution in [2.24, 2.45) is 0 Å². The van der Waals surface area contributed by atoms with Gasteiger partial charge in [-0.15, -0.1) is 0 Å². The van der Waals surface area contributed by atoms with Gasteiger partial charge in [0.1, 0.15) is 0 Å². The molecule has 2 rings (SSSR count). The van der Waals surface area contributed by atoms with Gasteiger partial charge in [-0.2, -0.15) is 8.78 Å². The lowest BCUT2D eigenvalue weighted by Crippen LogP contribution is -2.35. The lowest BCUT2D eigenvalue weighted by Gasteiger charge is -2.29. The van der Waals surface area contributed by atoms with Crippen molar-refractivity contribution in [2.75, 3.05) is 13.2 Å². The molecule has 1 aromatic rings. The molecular weight excluding hydrogens is 324 g/mol. The first-order valence-corrected chi connectivity index (χ1v) is 9.45. The van der Waals surface area contributed by atoms with E-state index in [1.165, 1.54) is 18.6 Å². The van der Waals surface area contributed by atoms with Crippen LogP contribution in [0.15, 0.2) is 29.2 Å². The van der Waals surface area contributed by atoms with E-state index in [4.69, 9.17) is 0 Å². The van der Waals surface area contributed by atoms with E-state index in [0.717, 1.165) is 37.8 Å². The molecule has 130 valence electrons. The highest BCUT2D eigenvalue weighted by atomic mass is 32.2.